The lowest BCUT2D eigenvalue weighted by Crippen LogP contribution is -2.39. The van der Waals surface area contributed by atoms with Crippen molar-refractivity contribution in [3.8, 4) is 11.4 Å². The molecule has 7 heteroatoms. The van der Waals surface area contributed by atoms with Crippen LogP contribution in [0.25, 0.3) is 17.0 Å². The van der Waals surface area contributed by atoms with Crippen molar-refractivity contribution in [3.63, 3.8) is 0 Å². The maximum absolute atomic E-state index is 14.1. The summed E-state index contributed by atoms with van der Waals surface area (Å²) in [5, 5.41) is 16.3. The molecule has 1 aliphatic heterocycles. The molecule has 26 heavy (non-hydrogen) atoms. The second-order valence-electron chi connectivity index (χ2n) is 6.50. The van der Waals surface area contributed by atoms with Crippen LogP contribution in [0, 0.1) is 5.82 Å². The number of hydrogen-bond donors (Lipinski definition) is 1. The zero-order valence-corrected chi connectivity index (χ0v) is 14.5. The van der Waals surface area contributed by atoms with Gasteiger partial charge >= 0.3 is 0 Å². The number of benzene rings is 1. The summed E-state index contributed by atoms with van der Waals surface area (Å²) in [6.45, 7) is 6.81. The molecule has 0 unspecified atom stereocenters. The highest BCUT2D eigenvalue weighted by Crippen LogP contribution is 2.22. The monoisotopic (exact) mass is 352 g/mol. The van der Waals surface area contributed by atoms with Crippen LogP contribution in [0.1, 0.15) is 12.8 Å². The number of hydrogen-bond acceptors (Lipinski definition) is 5. The molecule has 1 aliphatic rings. The van der Waals surface area contributed by atoms with Gasteiger partial charge in [-0.15, -0.1) is 21.9 Å². The number of nitrogens with one attached hydrogen (secondary N) is 1. The molecule has 0 radical (unpaired) electrons. The summed E-state index contributed by atoms with van der Waals surface area (Å²) < 4.78 is 15.7. The van der Waals surface area contributed by atoms with Gasteiger partial charge in [0.2, 0.25) is 0 Å². The third kappa shape index (κ3) is 3.30. The van der Waals surface area contributed by atoms with E-state index >= 15 is 0 Å². The lowest BCUT2D eigenvalue weighted by Gasteiger charge is -2.31. The van der Waals surface area contributed by atoms with E-state index in [0.29, 0.717) is 23.1 Å². The fourth-order valence-electron chi connectivity index (χ4n) is 3.33. The van der Waals surface area contributed by atoms with Crippen molar-refractivity contribution in [2.75, 3.05) is 25.0 Å². The molecule has 1 aromatic carbocycles. The number of rotatable bonds is 5. The number of anilines is 1. The molecule has 0 atom stereocenters. The van der Waals surface area contributed by atoms with Crippen molar-refractivity contribution in [2.24, 2.45) is 0 Å². The van der Waals surface area contributed by atoms with E-state index in [-0.39, 0.29) is 5.82 Å². The molecule has 4 rings (SSSR count). The van der Waals surface area contributed by atoms with E-state index < -0.39 is 0 Å². The zero-order chi connectivity index (χ0) is 17.9. The Balaban J connectivity index is 1.55. The van der Waals surface area contributed by atoms with Crippen molar-refractivity contribution >= 4 is 11.5 Å². The molecule has 1 N–H and O–H groups in total. The van der Waals surface area contributed by atoms with Crippen LogP contribution in [0.4, 0.5) is 10.2 Å². The minimum Gasteiger partial charge on any atom is -0.366 e. The summed E-state index contributed by atoms with van der Waals surface area (Å²) in [6, 6.07) is 10.6. The summed E-state index contributed by atoms with van der Waals surface area (Å²) in [5.74, 6) is 0.816. The summed E-state index contributed by atoms with van der Waals surface area (Å²) in [7, 11) is 0. The molecule has 3 heterocycles. The van der Waals surface area contributed by atoms with Crippen LogP contribution in [-0.2, 0) is 0 Å². The van der Waals surface area contributed by atoms with Gasteiger partial charge < -0.3 is 5.32 Å². The summed E-state index contributed by atoms with van der Waals surface area (Å²) >= 11 is 0. The van der Waals surface area contributed by atoms with Crippen LogP contribution in [0.5, 0.6) is 0 Å². The molecule has 6 nitrogen and oxygen atoms in total. The summed E-state index contributed by atoms with van der Waals surface area (Å²) in [5.41, 5.74) is 0.983. The quantitative estimate of drug-likeness (QED) is 0.716. The average Bonchev–Trinajstić information content (AvgIpc) is 3.07. The highest BCUT2D eigenvalue weighted by Gasteiger charge is 2.19. The SMILES string of the molecule is C=CCN1CCC(Nc2ccc3nnc(-c4ccccc4F)n3n2)CC1. The molecule has 0 saturated carbocycles. The number of nitrogens with zero attached hydrogens (tertiary/aromatic N) is 5. The van der Waals surface area contributed by atoms with E-state index in [1.165, 1.54) is 6.07 Å². The first kappa shape index (κ1) is 16.7. The van der Waals surface area contributed by atoms with Gasteiger partial charge in [0.1, 0.15) is 11.6 Å². The van der Waals surface area contributed by atoms with Gasteiger partial charge in [0.05, 0.1) is 5.56 Å². The maximum Gasteiger partial charge on any atom is 0.188 e. The molecule has 0 spiro atoms. The number of aromatic nitrogens is 4. The zero-order valence-electron chi connectivity index (χ0n) is 14.5. The number of piperidine rings is 1. The summed E-state index contributed by atoms with van der Waals surface area (Å²) in [4.78, 5) is 2.39. The Bertz CT molecular complexity index is 913. The van der Waals surface area contributed by atoms with Gasteiger partial charge in [0, 0.05) is 25.7 Å². The van der Waals surface area contributed by atoms with Crippen LogP contribution in [0.15, 0.2) is 49.1 Å². The standard InChI is InChI=1S/C19H21FN6/c1-2-11-25-12-9-14(10-13-25)21-17-7-8-18-22-23-19(26(18)24-17)15-5-3-4-6-16(15)20/h2-8,14H,1,9-13H2,(H,21,24). The van der Waals surface area contributed by atoms with Crippen molar-refractivity contribution < 1.29 is 4.39 Å². The Morgan fingerprint density at radius 2 is 1.96 bits per heavy atom. The van der Waals surface area contributed by atoms with Gasteiger partial charge in [-0.3, -0.25) is 4.90 Å². The third-order valence-electron chi connectivity index (χ3n) is 4.70. The van der Waals surface area contributed by atoms with Gasteiger partial charge in [-0.05, 0) is 37.1 Å². The Hall–Kier alpha value is -2.80. The van der Waals surface area contributed by atoms with Crippen LogP contribution in [0.3, 0.4) is 0 Å². The van der Waals surface area contributed by atoms with E-state index in [9.17, 15) is 4.39 Å². The topological polar surface area (TPSA) is 58.3 Å². The molecular formula is C19H21FN6. The second kappa shape index (κ2) is 7.21. The molecular weight excluding hydrogens is 331 g/mol. The highest BCUT2D eigenvalue weighted by atomic mass is 19.1. The van der Waals surface area contributed by atoms with E-state index in [1.54, 1.807) is 22.7 Å². The van der Waals surface area contributed by atoms with Crippen LogP contribution < -0.4 is 5.32 Å². The predicted octanol–water partition coefficient (Wildman–Crippen LogP) is 2.99. The van der Waals surface area contributed by atoms with Gasteiger partial charge in [-0.1, -0.05) is 18.2 Å². The Kier molecular flexibility index (Phi) is 4.62. The summed E-state index contributed by atoms with van der Waals surface area (Å²) in [6.07, 6.45) is 4.05. The fourth-order valence-corrected chi connectivity index (χ4v) is 3.33. The largest absolute Gasteiger partial charge is 0.366 e. The molecule has 0 aliphatic carbocycles. The van der Waals surface area contributed by atoms with Gasteiger partial charge in [-0.25, -0.2) is 4.39 Å². The Morgan fingerprint density at radius 1 is 1.15 bits per heavy atom. The van der Waals surface area contributed by atoms with Crippen LogP contribution in [0.2, 0.25) is 0 Å². The first-order chi connectivity index (χ1) is 12.7. The van der Waals surface area contributed by atoms with Gasteiger partial charge in [-0.2, -0.15) is 4.52 Å². The number of halogens is 1. The molecule has 3 aromatic rings. The predicted molar refractivity (Wildman–Crippen MR) is 99.5 cm³/mol. The molecule has 134 valence electrons. The number of likely N-dealkylation sites (tertiary alicyclic amines) is 1. The minimum atomic E-state index is -0.337. The maximum atomic E-state index is 14.1. The second-order valence-corrected chi connectivity index (χ2v) is 6.50. The number of fused-ring (bicyclic) bond motifs is 1. The lowest BCUT2D eigenvalue weighted by molar-refractivity contribution is 0.240. The molecule has 0 bridgehead atoms. The molecule has 0 amide bonds. The van der Waals surface area contributed by atoms with Crippen LogP contribution >= 0.6 is 0 Å². The van der Waals surface area contributed by atoms with Gasteiger partial charge in [0.15, 0.2) is 11.5 Å². The highest BCUT2D eigenvalue weighted by molar-refractivity contribution is 5.60. The first-order valence-corrected chi connectivity index (χ1v) is 8.82. The fraction of sp³-hybridized carbons (Fsp3) is 0.316. The molecule has 1 saturated heterocycles. The lowest BCUT2D eigenvalue weighted by atomic mass is 10.1. The van der Waals surface area contributed by atoms with Crippen molar-refractivity contribution in [1.29, 1.82) is 0 Å². The van der Waals surface area contributed by atoms with E-state index in [2.05, 4.69) is 32.1 Å². The third-order valence-corrected chi connectivity index (χ3v) is 4.70. The average molecular weight is 352 g/mol. The van der Waals surface area contributed by atoms with Crippen molar-refractivity contribution in [2.45, 2.75) is 18.9 Å². The minimum absolute atomic E-state index is 0.337. The Morgan fingerprint density at radius 3 is 2.73 bits per heavy atom. The molecule has 2 aromatic heterocycles. The first-order valence-electron chi connectivity index (χ1n) is 8.82. The van der Waals surface area contributed by atoms with Gasteiger partial charge in [0.25, 0.3) is 0 Å². The van der Waals surface area contributed by atoms with E-state index in [1.807, 2.05) is 18.2 Å². The van der Waals surface area contributed by atoms with E-state index in [4.69, 9.17) is 0 Å². The smallest absolute Gasteiger partial charge is 0.188 e. The molecule has 1 fully saturated rings. The normalized spacial score (nSPS) is 16.0. The van der Waals surface area contributed by atoms with E-state index in [0.717, 1.165) is 38.3 Å². The van der Waals surface area contributed by atoms with Crippen molar-refractivity contribution in [3.05, 3.63) is 54.9 Å². The van der Waals surface area contributed by atoms with Crippen LogP contribution in [-0.4, -0.2) is 50.4 Å². The van der Waals surface area contributed by atoms with Crippen molar-refractivity contribution in [1.82, 2.24) is 24.7 Å². The Labute approximate surface area is 151 Å².